The van der Waals surface area contributed by atoms with Crippen LogP contribution in [0.1, 0.15) is 30.0 Å². The summed E-state index contributed by atoms with van der Waals surface area (Å²) in [6.07, 6.45) is 7.11. The van der Waals surface area contributed by atoms with Gasteiger partial charge in [-0.1, -0.05) is 6.07 Å². The van der Waals surface area contributed by atoms with E-state index in [1.807, 2.05) is 12.4 Å². The fourth-order valence-corrected chi connectivity index (χ4v) is 4.81. The number of likely N-dealkylation sites (N-methyl/N-ethyl adjacent to an activating group) is 1. The molecule has 1 aromatic carbocycles. The lowest BCUT2D eigenvalue weighted by molar-refractivity contribution is -0.175. The first-order valence-electron chi connectivity index (χ1n) is 10.0. The van der Waals surface area contributed by atoms with Crippen LogP contribution in [0.25, 0.3) is 11.0 Å². The van der Waals surface area contributed by atoms with Gasteiger partial charge in [-0.25, -0.2) is 9.67 Å². The van der Waals surface area contributed by atoms with Gasteiger partial charge in [-0.05, 0) is 49.6 Å². The van der Waals surface area contributed by atoms with Crippen molar-refractivity contribution in [1.29, 1.82) is 0 Å². The van der Waals surface area contributed by atoms with Crippen molar-refractivity contribution in [1.82, 2.24) is 24.6 Å². The predicted molar refractivity (Wildman–Crippen MR) is 107 cm³/mol. The average Bonchev–Trinajstić information content (AvgIpc) is 3.02. The number of benzene rings is 1. The van der Waals surface area contributed by atoms with Crippen LogP contribution in [-0.4, -0.2) is 51.5 Å². The highest BCUT2D eigenvalue weighted by molar-refractivity contribution is 5.75. The van der Waals surface area contributed by atoms with Crippen molar-refractivity contribution in [2.75, 3.05) is 32.1 Å². The van der Waals surface area contributed by atoms with Gasteiger partial charge in [0, 0.05) is 30.4 Å². The van der Waals surface area contributed by atoms with E-state index >= 15 is 0 Å². The molecule has 4 heterocycles. The zero-order valence-electron chi connectivity index (χ0n) is 16.1. The van der Waals surface area contributed by atoms with Gasteiger partial charge in [0.15, 0.2) is 5.65 Å². The Kier molecular flexibility index (Phi) is 3.52. The molecule has 1 aliphatic carbocycles. The van der Waals surface area contributed by atoms with Gasteiger partial charge < -0.3 is 15.0 Å². The van der Waals surface area contributed by atoms with Gasteiger partial charge >= 0.3 is 0 Å². The average molecular weight is 376 g/mol. The van der Waals surface area contributed by atoms with E-state index in [0.29, 0.717) is 17.4 Å². The molecule has 0 atom stereocenters. The van der Waals surface area contributed by atoms with Crippen LogP contribution in [-0.2, 0) is 17.7 Å². The molecular weight excluding hydrogens is 352 g/mol. The van der Waals surface area contributed by atoms with Crippen LogP contribution in [0.2, 0.25) is 0 Å². The van der Waals surface area contributed by atoms with Crippen LogP contribution in [0, 0.1) is 5.41 Å². The number of nitrogens with one attached hydrogen (secondary N) is 1. The van der Waals surface area contributed by atoms with E-state index in [9.17, 15) is 0 Å². The van der Waals surface area contributed by atoms with Gasteiger partial charge in [0.05, 0.1) is 30.8 Å². The number of aromatic nitrogens is 4. The predicted octanol–water partition coefficient (Wildman–Crippen LogP) is 2.91. The van der Waals surface area contributed by atoms with Gasteiger partial charge in [-0.2, -0.15) is 10.1 Å². The van der Waals surface area contributed by atoms with Crippen LogP contribution in [0.4, 0.5) is 11.6 Å². The Morgan fingerprint density at radius 1 is 1.18 bits per heavy atom. The normalized spacial score (nSPS) is 21.3. The summed E-state index contributed by atoms with van der Waals surface area (Å²) >= 11 is 0. The molecule has 144 valence electrons. The molecule has 3 aromatic rings. The molecule has 3 aliphatic rings. The fraction of sp³-hybridized carbons (Fsp3) is 0.476. The van der Waals surface area contributed by atoms with Crippen molar-refractivity contribution >= 4 is 22.7 Å². The minimum atomic E-state index is 0.410. The Morgan fingerprint density at radius 3 is 2.89 bits per heavy atom. The van der Waals surface area contributed by atoms with E-state index in [2.05, 4.69) is 50.2 Å². The quantitative estimate of drug-likeness (QED) is 0.758. The first-order valence-corrected chi connectivity index (χ1v) is 10.0. The van der Waals surface area contributed by atoms with E-state index in [-0.39, 0.29) is 0 Å². The zero-order chi connectivity index (χ0) is 18.7. The molecule has 7 heteroatoms. The highest BCUT2D eigenvalue weighted by Gasteiger charge is 2.51. The molecule has 0 bridgehead atoms. The number of anilines is 2. The number of hydrogen-bond acceptors (Lipinski definition) is 6. The molecule has 6 rings (SSSR count). The first-order chi connectivity index (χ1) is 13.7. The maximum atomic E-state index is 5.40. The van der Waals surface area contributed by atoms with Crippen molar-refractivity contribution in [3.8, 4) is 0 Å². The van der Waals surface area contributed by atoms with Crippen molar-refractivity contribution in [3.63, 3.8) is 0 Å². The van der Waals surface area contributed by atoms with Gasteiger partial charge in [0.1, 0.15) is 0 Å². The summed E-state index contributed by atoms with van der Waals surface area (Å²) in [5.74, 6) is 0.624. The lowest BCUT2D eigenvalue weighted by Gasteiger charge is -2.53. The SMILES string of the molecule is CN1CCc2ccc(Nc3ncc4cnn(C5CC6(COC6)C5)c4n3)cc2C1. The molecule has 0 unspecified atom stereocenters. The molecule has 28 heavy (non-hydrogen) atoms. The summed E-state index contributed by atoms with van der Waals surface area (Å²) in [4.78, 5) is 11.6. The van der Waals surface area contributed by atoms with Crippen molar-refractivity contribution in [2.45, 2.75) is 31.8 Å². The Bertz CT molecular complexity index is 1050. The molecule has 1 spiro atoms. The number of hydrogen-bond donors (Lipinski definition) is 1. The molecule has 2 fully saturated rings. The molecule has 2 aliphatic heterocycles. The number of rotatable bonds is 3. The number of nitrogens with zero attached hydrogens (tertiary/aromatic N) is 5. The Morgan fingerprint density at radius 2 is 2.07 bits per heavy atom. The van der Waals surface area contributed by atoms with Crippen molar-refractivity contribution in [3.05, 3.63) is 41.7 Å². The molecule has 7 nitrogen and oxygen atoms in total. The summed E-state index contributed by atoms with van der Waals surface area (Å²) in [7, 11) is 2.17. The molecule has 0 amide bonds. The smallest absolute Gasteiger partial charge is 0.229 e. The lowest BCUT2D eigenvalue weighted by Crippen LogP contribution is -2.52. The monoisotopic (exact) mass is 376 g/mol. The Balaban J connectivity index is 1.26. The highest BCUT2D eigenvalue weighted by atomic mass is 16.5. The standard InChI is InChI=1S/C21H24N6O/c1-26-5-4-14-2-3-17(6-15(14)11-26)24-20-22-9-16-10-23-27(19(16)25-20)18-7-21(8-18)12-28-13-21/h2-3,6,9-10,18H,4-5,7-8,11-13H2,1H3,(H,22,24,25). The van der Waals surface area contributed by atoms with Crippen LogP contribution in [0.15, 0.2) is 30.6 Å². The summed E-state index contributed by atoms with van der Waals surface area (Å²) in [6.45, 7) is 3.92. The van der Waals surface area contributed by atoms with E-state index in [4.69, 9.17) is 9.72 Å². The highest BCUT2D eigenvalue weighted by Crippen LogP contribution is 2.53. The molecule has 1 saturated carbocycles. The molecular formula is C21H24N6O. The van der Waals surface area contributed by atoms with E-state index < -0.39 is 0 Å². The third-order valence-corrected chi connectivity index (χ3v) is 6.50. The maximum Gasteiger partial charge on any atom is 0.229 e. The third-order valence-electron chi connectivity index (χ3n) is 6.50. The second-order valence-corrected chi connectivity index (χ2v) is 8.71. The summed E-state index contributed by atoms with van der Waals surface area (Å²) in [6, 6.07) is 6.99. The molecule has 1 N–H and O–H groups in total. The Hall–Kier alpha value is -2.51. The van der Waals surface area contributed by atoms with Crippen LogP contribution < -0.4 is 5.32 Å². The lowest BCUT2D eigenvalue weighted by atomic mass is 9.64. The second kappa shape index (κ2) is 5.99. The van der Waals surface area contributed by atoms with Crippen molar-refractivity contribution < 1.29 is 4.74 Å². The topological polar surface area (TPSA) is 68.1 Å². The zero-order valence-corrected chi connectivity index (χ0v) is 16.1. The van der Waals surface area contributed by atoms with E-state index in [1.165, 1.54) is 11.1 Å². The van der Waals surface area contributed by atoms with Gasteiger partial charge in [-0.3, -0.25) is 0 Å². The third kappa shape index (κ3) is 2.61. The van der Waals surface area contributed by atoms with Gasteiger partial charge in [0.2, 0.25) is 5.95 Å². The fourth-order valence-electron chi connectivity index (χ4n) is 4.81. The largest absolute Gasteiger partial charge is 0.380 e. The van der Waals surface area contributed by atoms with Crippen LogP contribution in [0.5, 0.6) is 0 Å². The van der Waals surface area contributed by atoms with Crippen molar-refractivity contribution in [2.24, 2.45) is 5.41 Å². The maximum absolute atomic E-state index is 5.40. The van der Waals surface area contributed by atoms with E-state index in [1.54, 1.807) is 0 Å². The van der Waals surface area contributed by atoms with Crippen LogP contribution >= 0.6 is 0 Å². The first kappa shape index (κ1) is 16.4. The summed E-state index contributed by atoms with van der Waals surface area (Å²) < 4.78 is 7.47. The number of ether oxygens (including phenoxy) is 1. The summed E-state index contributed by atoms with van der Waals surface area (Å²) in [5.41, 5.74) is 5.18. The van der Waals surface area contributed by atoms with Gasteiger partial charge in [0.25, 0.3) is 0 Å². The molecule has 2 aromatic heterocycles. The van der Waals surface area contributed by atoms with Gasteiger partial charge in [-0.15, -0.1) is 0 Å². The second-order valence-electron chi connectivity index (χ2n) is 8.71. The summed E-state index contributed by atoms with van der Waals surface area (Å²) in [5, 5.41) is 8.97. The Labute approximate surface area is 163 Å². The van der Waals surface area contributed by atoms with E-state index in [0.717, 1.165) is 62.3 Å². The molecule has 0 radical (unpaired) electrons. The number of fused-ring (bicyclic) bond motifs is 2. The van der Waals surface area contributed by atoms with Crippen LogP contribution in [0.3, 0.4) is 0 Å². The molecule has 1 saturated heterocycles. The minimum Gasteiger partial charge on any atom is -0.380 e. The minimum absolute atomic E-state index is 0.410.